The van der Waals surface area contributed by atoms with E-state index in [0.29, 0.717) is 0 Å². The summed E-state index contributed by atoms with van der Waals surface area (Å²) in [5.74, 6) is 0. The van der Waals surface area contributed by atoms with Crippen molar-refractivity contribution in [1.82, 2.24) is 9.97 Å². The zero-order valence-corrected chi connectivity index (χ0v) is 12.8. The topological polar surface area (TPSA) is 28.7 Å². The number of rotatable bonds is 5. The van der Waals surface area contributed by atoms with Crippen molar-refractivity contribution in [3.05, 3.63) is 83.7 Å². The lowest BCUT2D eigenvalue weighted by Gasteiger charge is -2.06. The Labute approximate surface area is 132 Å². The zero-order chi connectivity index (χ0) is 15.2. The van der Waals surface area contributed by atoms with E-state index in [-0.39, 0.29) is 0 Å². The minimum atomic E-state index is 0.804. The molecule has 0 atom stereocenters. The molecule has 0 unspecified atom stereocenters. The number of aryl methyl sites for hydroxylation is 1. The van der Waals surface area contributed by atoms with Crippen molar-refractivity contribution >= 4 is 24.6 Å². The molecule has 1 heterocycles. The van der Waals surface area contributed by atoms with Gasteiger partial charge in [0.15, 0.2) is 0 Å². The number of nitrogens with one attached hydrogen (secondary N) is 1. The smallest absolute Gasteiger partial charge is 0.238 e. The van der Waals surface area contributed by atoms with Crippen molar-refractivity contribution in [2.24, 2.45) is 0 Å². The van der Waals surface area contributed by atoms with Crippen LogP contribution in [-0.4, -0.2) is 17.2 Å². The van der Waals surface area contributed by atoms with Gasteiger partial charge in [-0.3, -0.25) is 4.98 Å². The number of aromatic amines is 1. The summed E-state index contributed by atoms with van der Waals surface area (Å²) >= 11 is 0. The molecule has 0 saturated heterocycles. The average molecular weight is 286 g/mol. The van der Waals surface area contributed by atoms with E-state index in [0.717, 1.165) is 19.4 Å². The molecule has 1 aromatic heterocycles. The van der Waals surface area contributed by atoms with Crippen molar-refractivity contribution < 1.29 is 0 Å². The molecule has 0 spiro atoms. The molecule has 3 heteroatoms. The van der Waals surface area contributed by atoms with Gasteiger partial charge in [-0.1, -0.05) is 79.1 Å². The summed E-state index contributed by atoms with van der Waals surface area (Å²) in [4.78, 5) is 7.89. The van der Waals surface area contributed by atoms with Gasteiger partial charge < -0.3 is 4.98 Å². The van der Waals surface area contributed by atoms with E-state index in [1.54, 1.807) is 0 Å². The summed E-state index contributed by atoms with van der Waals surface area (Å²) in [6.45, 7) is 2.13. The second-order valence-corrected chi connectivity index (χ2v) is 5.33. The van der Waals surface area contributed by atoms with E-state index < -0.39 is 0 Å². The molecule has 0 saturated carbocycles. The molecular formula is C19H19BN2. The quantitative estimate of drug-likeness (QED) is 0.566. The first-order chi connectivity index (χ1) is 10.8. The summed E-state index contributed by atoms with van der Waals surface area (Å²) in [6, 6.07) is 20.9. The van der Waals surface area contributed by atoms with Crippen LogP contribution in [0.15, 0.2) is 66.9 Å². The van der Waals surface area contributed by atoms with Crippen molar-refractivity contribution in [3.63, 3.8) is 0 Å². The van der Waals surface area contributed by atoms with Crippen molar-refractivity contribution in [2.75, 3.05) is 0 Å². The predicted octanol–water partition coefficient (Wildman–Crippen LogP) is 3.23. The molecule has 2 nitrogen and oxygen atoms in total. The van der Waals surface area contributed by atoms with Gasteiger partial charge in [0.05, 0.1) is 5.72 Å². The van der Waals surface area contributed by atoms with E-state index >= 15 is 0 Å². The van der Waals surface area contributed by atoms with Crippen LogP contribution in [0.1, 0.15) is 23.7 Å². The lowest BCUT2D eigenvalue weighted by atomic mass is 9.65. The van der Waals surface area contributed by atoms with Crippen molar-refractivity contribution in [3.8, 4) is 0 Å². The fourth-order valence-corrected chi connectivity index (χ4v) is 2.49. The molecule has 0 aliphatic rings. The van der Waals surface area contributed by atoms with Crippen molar-refractivity contribution in [2.45, 2.75) is 13.3 Å². The molecule has 0 bridgehead atoms. The first kappa shape index (κ1) is 14.4. The van der Waals surface area contributed by atoms with Crippen LogP contribution in [0, 0.1) is 0 Å². The first-order valence-electron chi connectivity index (χ1n) is 7.69. The van der Waals surface area contributed by atoms with Gasteiger partial charge in [-0.25, -0.2) is 0 Å². The monoisotopic (exact) mass is 286 g/mol. The van der Waals surface area contributed by atoms with Gasteiger partial charge >= 0.3 is 0 Å². The summed E-state index contributed by atoms with van der Waals surface area (Å²) in [7, 11) is 0.804. The highest BCUT2D eigenvalue weighted by molar-refractivity contribution is 6.73. The van der Waals surface area contributed by atoms with E-state index in [1.165, 1.54) is 22.3 Å². The molecule has 3 aromatic rings. The normalized spacial score (nSPS) is 11.4. The van der Waals surface area contributed by atoms with Crippen LogP contribution in [0.4, 0.5) is 0 Å². The number of H-pyrrole nitrogens is 1. The highest BCUT2D eigenvalue weighted by Gasteiger charge is 2.08. The molecular weight excluding hydrogens is 267 g/mol. The minimum absolute atomic E-state index is 0.804. The molecule has 1 N–H and O–H groups in total. The second-order valence-electron chi connectivity index (χ2n) is 5.33. The highest BCUT2D eigenvalue weighted by Crippen LogP contribution is 2.16. The molecule has 3 rings (SSSR count). The molecule has 22 heavy (non-hydrogen) atoms. The Morgan fingerprint density at radius 1 is 1.05 bits per heavy atom. The van der Waals surface area contributed by atoms with Crippen LogP contribution in [-0.2, 0) is 6.42 Å². The Morgan fingerprint density at radius 2 is 1.73 bits per heavy atom. The minimum Gasteiger partial charge on any atom is -0.354 e. The maximum atomic E-state index is 4.50. The number of imidazole rings is 1. The molecule has 0 radical (unpaired) electrons. The molecule has 0 fully saturated rings. The zero-order valence-electron chi connectivity index (χ0n) is 12.8. The van der Waals surface area contributed by atoms with E-state index in [1.807, 2.05) is 18.3 Å². The van der Waals surface area contributed by atoms with E-state index in [9.17, 15) is 0 Å². The Balaban J connectivity index is 1.94. The van der Waals surface area contributed by atoms with Crippen LogP contribution in [0.2, 0.25) is 0 Å². The average Bonchev–Trinajstić information content (AvgIpc) is 3.04. The Morgan fingerprint density at radius 3 is 2.36 bits per heavy atom. The third kappa shape index (κ3) is 3.56. The van der Waals surface area contributed by atoms with Crippen LogP contribution in [0.5, 0.6) is 0 Å². The number of hydrogen-bond acceptors (Lipinski definition) is 1. The second kappa shape index (κ2) is 6.94. The Bertz CT molecular complexity index is 745. The number of benzene rings is 2. The number of hydrogen-bond donors (Lipinski definition) is 1. The highest BCUT2D eigenvalue weighted by atomic mass is 14.9. The van der Waals surface area contributed by atoms with E-state index in [2.05, 4.69) is 71.5 Å². The SMILES string of the molecule is CCc1cnc(BC(=Cc2ccccc2)c2ccccc2)[nH]1. The Hall–Kier alpha value is -2.55. The van der Waals surface area contributed by atoms with Gasteiger partial charge in [-0.15, -0.1) is 0 Å². The third-order valence-electron chi connectivity index (χ3n) is 3.70. The van der Waals surface area contributed by atoms with Gasteiger partial charge in [0, 0.05) is 11.9 Å². The molecule has 0 aliphatic carbocycles. The summed E-state index contributed by atoms with van der Waals surface area (Å²) in [5.41, 5.74) is 5.92. The van der Waals surface area contributed by atoms with Gasteiger partial charge in [0.2, 0.25) is 7.28 Å². The lowest BCUT2D eigenvalue weighted by Crippen LogP contribution is -2.20. The standard InChI is InChI=1S/C19H19BN2/c1-2-17-14-21-19(22-17)20-18(16-11-7-4-8-12-16)13-15-9-5-3-6-10-15/h3-14,20H,2H2,1H3,(H,21,22). The molecule has 0 aliphatic heterocycles. The van der Waals surface area contributed by atoms with Crippen molar-refractivity contribution in [1.29, 1.82) is 0 Å². The summed E-state index contributed by atoms with van der Waals surface area (Å²) in [6.07, 6.45) is 5.15. The number of nitrogens with zero attached hydrogens (tertiary/aromatic N) is 1. The first-order valence-corrected chi connectivity index (χ1v) is 7.69. The maximum Gasteiger partial charge on any atom is 0.238 e. The van der Waals surface area contributed by atoms with E-state index in [4.69, 9.17) is 0 Å². The summed E-state index contributed by atoms with van der Waals surface area (Å²) < 4.78 is 0. The van der Waals surface area contributed by atoms with Gasteiger partial charge in [-0.2, -0.15) is 0 Å². The van der Waals surface area contributed by atoms with Crippen LogP contribution in [0.3, 0.4) is 0 Å². The third-order valence-corrected chi connectivity index (χ3v) is 3.70. The van der Waals surface area contributed by atoms with Gasteiger partial charge in [-0.05, 0) is 17.5 Å². The maximum absolute atomic E-state index is 4.50. The molecule has 2 aromatic carbocycles. The van der Waals surface area contributed by atoms with Crippen LogP contribution < -0.4 is 5.72 Å². The fraction of sp³-hybridized carbons (Fsp3) is 0.105. The largest absolute Gasteiger partial charge is 0.354 e. The van der Waals surface area contributed by atoms with Crippen LogP contribution in [0.25, 0.3) is 11.5 Å². The van der Waals surface area contributed by atoms with Gasteiger partial charge in [0.1, 0.15) is 0 Å². The molecule has 0 amide bonds. The van der Waals surface area contributed by atoms with Crippen LogP contribution >= 0.6 is 0 Å². The number of aromatic nitrogens is 2. The Kier molecular flexibility index (Phi) is 4.54. The summed E-state index contributed by atoms with van der Waals surface area (Å²) in [5, 5.41) is 0. The lowest BCUT2D eigenvalue weighted by molar-refractivity contribution is 1.07. The predicted molar refractivity (Wildman–Crippen MR) is 95.5 cm³/mol. The fourth-order valence-electron chi connectivity index (χ4n) is 2.49. The molecule has 108 valence electrons. The van der Waals surface area contributed by atoms with Gasteiger partial charge in [0.25, 0.3) is 0 Å².